The molecule has 25 heavy (non-hydrogen) atoms. The van der Waals surface area contributed by atoms with Crippen LogP contribution in [0.15, 0.2) is 29.3 Å². The first-order chi connectivity index (χ1) is 11.5. The zero-order valence-electron chi connectivity index (χ0n) is 15.9. The van der Waals surface area contributed by atoms with Gasteiger partial charge in [0.25, 0.3) is 0 Å². The van der Waals surface area contributed by atoms with Gasteiger partial charge in [-0.15, -0.1) is 24.0 Å². The lowest BCUT2D eigenvalue weighted by Crippen LogP contribution is -2.39. The van der Waals surface area contributed by atoms with Crippen molar-refractivity contribution in [2.45, 2.75) is 58.7 Å². The standard InChI is InChI=1S/C19H32N4O.HI/c1-14(2)23(15(3)4)12-7-11-21-19(20)22-17-10-13-24-18-9-6-5-8-16(17)18;/h5-6,8-9,14-15,17H,7,10-13H2,1-4H3,(H3,20,21,22);1H. The van der Waals surface area contributed by atoms with Gasteiger partial charge in [0, 0.05) is 37.2 Å². The van der Waals surface area contributed by atoms with Crippen LogP contribution in [0.1, 0.15) is 52.1 Å². The van der Waals surface area contributed by atoms with E-state index >= 15 is 0 Å². The maximum absolute atomic E-state index is 6.08. The largest absolute Gasteiger partial charge is 0.493 e. The average molecular weight is 460 g/mol. The van der Waals surface area contributed by atoms with E-state index in [1.165, 1.54) is 0 Å². The van der Waals surface area contributed by atoms with Crippen molar-refractivity contribution in [3.8, 4) is 5.75 Å². The Bertz CT molecular complexity index is 540. The van der Waals surface area contributed by atoms with Gasteiger partial charge in [0.15, 0.2) is 5.96 Å². The first-order valence-corrected chi connectivity index (χ1v) is 9.03. The number of fused-ring (bicyclic) bond motifs is 1. The van der Waals surface area contributed by atoms with Crippen molar-refractivity contribution in [3.05, 3.63) is 29.8 Å². The van der Waals surface area contributed by atoms with Crippen LogP contribution in [0, 0.1) is 0 Å². The van der Waals surface area contributed by atoms with Crippen LogP contribution in [-0.4, -0.2) is 42.6 Å². The van der Waals surface area contributed by atoms with Crippen LogP contribution in [0.3, 0.4) is 0 Å². The second-order valence-electron chi connectivity index (χ2n) is 6.92. The summed E-state index contributed by atoms with van der Waals surface area (Å²) in [5, 5.41) is 3.34. The summed E-state index contributed by atoms with van der Waals surface area (Å²) in [6.07, 6.45) is 1.92. The monoisotopic (exact) mass is 460 g/mol. The summed E-state index contributed by atoms with van der Waals surface area (Å²) in [6, 6.07) is 9.41. The van der Waals surface area contributed by atoms with Gasteiger partial charge in [-0.05, 0) is 40.2 Å². The normalized spacial score (nSPS) is 17.2. The molecule has 1 aromatic rings. The quantitative estimate of drug-likeness (QED) is 0.283. The summed E-state index contributed by atoms with van der Waals surface area (Å²) in [5.74, 6) is 1.47. The number of nitrogens with one attached hydrogen (secondary N) is 1. The Morgan fingerprint density at radius 2 is 1.96 bits per heavy atom. The van der Waals surface area contributed by atoms with Gasteiger partial charge >= 0.3 is 0 Å². The second kappa shape index (κ2) is 10.9. The maximum atomic E-state index is 6.08. The number of rotatable bonds is 7. The molecule has 0 saturated heterocycles. The highest BCUT2D eigenvalue weighted by atomic mass is 127. The highest BCUT2D eigenvalue weighted by Crippen LogP contribution is 2.31. The van der Waals surface area contributed by atoms with E-state index in [0.717, 1.165) is 37.2 Å². The molecule has 0 aromatic heterocycles. The lowest BCUT2D eigenvalue weighted by Gasteiger charge is -2.30. The van der Waals surface area contributed by atoms with Crippen molar-refractivity contribution < 1.29 is 4.74 Å². The van der Waals surface area contributed by atoms with E-state index in [4.69, 9.17) is 10.5 Å². The summed E-state index contributed by atoms with van der Waals surface area (Å²) in [7, 11) is 0. The molecule has 0 amide bonds. The third kappa shape index (κ3) is 6.66. The van der Waals surface area contributed by atoms with E-state index in [-0.39, 0.29) is 30.0 Å². The molecule has 1 aromatic carbocycles. The minimum absolute atomic E-state index is 0. The van der Waals surface area contributed by atoms with E-state index in [1.807, 2.05) is 18.2 Å². The van der Waals surface area contributed by atoms with E-state index < -0.39 is 0 Å². The number of benzene rings is 1. The van der Waals surface area contributed by atoms with Gasteiger partial charge in [-0.1, -0.05) is 18.2 Å². The Hall–Kier alpha value is -1.02. The van der Waals surface area contributed by atoms with Crippen LogP contribution >= 0.6 is 24.0 Å². The first kappa shape index (κ1) is 22.0. The molecule has 1 heterocycles. The van der Waals surface area contributed by atoms with E-state index in [0.29, 0.717) is 24.7 Å². The van der Waals surface area contributed by atoms with Gasteiger partial charge in [-0.25, -0.2) is 0 Å². The maximum Gasteiger partial charge on any atom is 0.189 e. The van der Waals surface area contributed by atoms with E-state index in [1.54, 1.807) is 0 Å². The van der Waals surface area contributed by atoms with Crippen molar-refractivity contribution in [3.63, 3.8) is 0 Å². The molecule has 0 fully saturated rings. The number of para-hydroxylation sites is 1. The number of nitrogens with two attached hydrogens (primary N) is 1. The van der Waals surface area contributed by atoms with Crippen molar-refractivity contribution in [1.29, 1.82) is 0 Å². The summed E-state index contributed by atoms with van der Waals surface area (Å²) in [5.41, 5.74) is 7.24. The Labute approximate surface area is 169 Å². The van der Waals surface area contributed by atoms with Gasteiger partial charge < -0.3 is 15.8 Å². The van der Waals surface area contributed by atoms with Gasteiger partial charge in [-0.3, -0.25) is 9.89 Å². The zero-order valence-corrected chi connectivity index (χ0v) is 18.2. The van der Waals surface area contributed by atoms with Gasteiger partial charge in [-0.2, -0.15) is 0 Å². The third-order valence-corrected chi connectivity index (χ3v) is 4.46. The van der Waals surface area contributed by atoms with E-state index in [9.17, 15) is 0 Å². The van der Waals surface area contributed by atoms with Crippen LogP contribution < -0.4 is 15.8 Å². The Balaban J connectivity index is 0.00000312. The van der Waals surface area contributed by atoms with Crippen molar-refractivity contribution >= 4 is 29.9 Å². The van der Waals surface area contributed by atoms with Crippen LogP contribution in [0.2, 0.25) is 0 Å². The molecule has 0 saturated carbocycles. The van der Waals surface area contributed by atoms with Crippen LogP contribution in [0.25, 0.3) is 0 Å². The minimum atomic E-state index is 0. The lowest BCUT2D eigenvalue weighted by molar-refractivity contribution is 0.174. The number of hydrogen-bond donors (Lipinski definition) is 2. The topological polar surface area (TPSA) is 62.9 Å². The van der Waals surface area contributed by atoms with Gasteiger partial charge in [0.1, 0.15) is 5.75 Å². The second-order valence-corrected chi connectivity index (χ2v) is 6.92. The fourth-order valence-electron chi connectivity index (χ4n) is 3.28. The lowest BCUT2D eigenvalue weighted by atomic mass is 10.0. The zero-order chi connectivity index (χ0) is 17.5. The number of ether oxygens (including phenoxy) is 1. The number of guanidine groups is 1. The molecule has 3 N–H and O–H groups in total. The predicted octanol–water partition coefficient (Wildman–Crippen LogP) is 3.54. The average Bonchev–Trinajstić information content (AvgIpc) is 2.54. The van der Waals surface area contributed by atoms with Crippen LogP contribution in [-0.2, 0) is 0 Å². The number of aliphatic imine (C=N–C) groups is 1. The highest BCUT2D eigenvalue weighted by molar-refractivity contribution is 14.0. The van der Waals surface area contributed by atoms with Crippen molar-refractivity contribution in [2.24, 2.45) is 10.7 Å². The molecule has 2 rings (SSSR count). The molecule has 1 atom stereocenters. The Morgan fingerprint density at radius 3 is 2.64 bits per heavy atom. The molecule has 0 bridgehead atoms. The summed E-state index contributed by atoms with van der Waals surface area (Å²) in [4.78, 5) is 6.98. The van der Waals surface area contributed by atoms with Crippen molar-refractivity contribution in [1.82, 2.24) is 10.2 Å². The van der Waals surface area contributed by atoms with Gasteiger partial charge in [0.05, 0.1) is 12.6 Å². The smallest absolute Gasteiger partial charge is 0.189 e. The van der Waals surface area contributed by atoms with Crippen molar-refractivity contribution in [2.75, 3.05) is 19.7 Å². The first-order valence-electron chi connectivity index (χ1n) is 9.03. The van der Waals surface area contributed by atoms with Gasteiger partial charge in [0.2, 0.25) is 0 Å². The minimum Gasteiger partial charge on any atom is -0.493 e. The molecule has 1 unspecified atom stereocenters. The number of halogens is 1. The number of hydrogen-bond acceptors (Lipinski definition) is 3. The molecule has 1 aliphatic heterocycles. The molecular weight excluding hydrogens is 427 g/mol. The summed E-state index contributed by atoms with van der Waals surface area (Å²) >= 11 is 0. The fraction of sp³-hybridized carbons (Fsp3) is 0.632. The SMILES string of the molecule is CC(C)N(CCCN=C(N)NC1CCOc2ccccc21)C(C)C.I. The number of nitrogens with zero attached hydrogens (tertiary/aromatic N) is 2. The summed E-state index contributed by atoms with van der Waals surface area (Å²) < 4.78 is 5.68. The molecule has 142 valence electrons. The molecule has 6 heteroatoms. The molecule has 0 radical (unpaired) electrons. The van der Waals surface area contributed by atoms with E-state index in [2.05, 4.69) is 49.0 Å². The summed E-state index contributed by atoms with van der Waals surface area (Å²) in [6.45, 7) is 11.5. The third-order valence-electron chi connectivity index (χ3n) is 4.46. The highest BCUT2D eigenvalue weighted by Gasteiger charge is 2.21. The molecular formula is C19H33IN4O. The van der Waals surface area contributed by atoms with Crippen LogP contribution in [0.4, 0.5) is 0 Å². The predicted molar refractivity (Wildman–Crippen MR) is 116 cm³/mol. The van der Waals surface area contributed by atoms with Crippen LogP contribution in [0.5, 0.6) is 5.75 Å². The Morgan fingerprint density at radius 1 is 1.28 bits per heavy atom. The fourth-order valence-corrected chi connectivity index (χ4v) is 3.28. The molecule has 5 nitrogen and oxygen atoms in total. The Kier molecular flexibility index (Phi) is 9.56. The molecule has 0 spiro atoms. The molecule has 0 aliphatic carbocycles. The molecule has 1 aliphatic rings.